The van der Waals surface area contributed by atoms with Crippen LogP contribution in [0.3, 0.4) is 0 Å². The van der Waals surface area contributed by atoms with E-state index in [1.165, 1.54) is 125 Å². The molecule has 6 aromatic rings. The van der Waals surface area contributed by atoms with Crippen LogP contribution in [0.25, 0.3) is 49.2 Å². The Labute approximate surface area is 301 Å². The van der Waals surface area contributed by atoms with Crippen molar-refractivity contribution in [2.45, 2.75) is 127 Å². The zero-order valence-electron chi connectivity index (χ0n) is 30.7. The van der Waals surface area contributed by atoms with Gasteiger partial charge in [-0.3, -0.25) is 9.97 Å². The van der Waals surface area contributed by atoms with Crippen LogP contribution in [0.15, 0.2) is 42.5 Å². The molecule has 2 spiro atoms. The Kier molecular flexibility index (Phi) is 4.77. The second kappa shape index (κ2) is 8.67. The van der Waals surface area contributed by atoms with E-state index in [-0.39, 0.29) is 0 Å². The molecule has 0 radical (unpaired) electrons. The van der Waals surface area contributed by atoms with Crippen molar-refractivity contribution in [3.63, 3.8) is 0 Å². The Morgan fingerprint density at radius 1 is 0.549 bits per heavy atom. The van der Waals surface area contributed by atoms with Crippen molar-refractivity contribution in [3.8, 4) is 11.1 Å². The number of rotatable bonds is 3. The maximum Gasteiger partial charge on any atom is 0.0763 e. The van der Waals surface area contributed by atoms with Crippen LogP contribution in [0.1, 0.15) is 161 Å². The number of hydrogen-bond donors (Lipinski definition) is 0. The summed E-state index contributed by atoms with van der Waals surface area (Å²) in [6.07, 6.45) is 14.2. The summed E-state index contributed by atoms with van der Waals surface area (Å²) < 4.78 is 2.80. The molecule has 2 aromatic carbocycles. The minimum absolute atomic E-state index is 0.359. The van der Waals surface area contributed by atoms with Gasteiger partial charge in [0.1, 0.15) is 0 Å². The number of nitrogens with zero attached hydrogens (tertiary/aromatic N) is 3. The first-order valence-electron chi connectivity index (χ1n) is 21.0. The lowest BCUT2D eigenvalue weighted by atomic mass is 9.56. The third-order valence-electron chi connectivity index (χ3n) is 17.8. The van der Waals surface area contributed by atoms with Gasteiger partial charge >= 0.3 is 0 Å². The highest BCUT2D eigenvalue weighted by Crippen LogP contribution is 2.78. The number of benzene rings is 2. The first-order valence-corrected chi connectivity index (χ1v) is 21.0. The zero-order valence-corrected chi connectivity index (χ0v) is 30.7. The molecule has 6 bridgehead atoms. The van der Waals surface area contributed by atoms with E-state index >= 15 is 0 Å². The first-order chi connectivity index (χ1) is 24.8. The van der Waals surface area contributed by atoms with E-state index in [9.17, 15) is 0 Å². The van der Waals surface area contributed by atoms with Gasteiger partial charge in [0.2, 0.25) is 0 Å². The largest absolute Gasteiger partial charge is 0.304 e. The fourth-order valence-electron chi connectivity index (χ4n) is 16.1. The highest BCUT2D eigenvalue weighted by Gasteiger charge is 2.67. The maximum atomic E-state index is 5.95. The molecule has 0 amide bonds. The molecule has 14 rings (SSSR count). The first kappa shape index (κ1) is 28.1. The van der Waals surface area contributed by atoms with Crippen molar-refractivity contribution in [2.75, 3.05) is 0 Å². The van der Waals surface area contributed by atoms with Gasteiger partial charge in [-0.2, -0.15) is 0 Å². The number of aromatic nitrogens is 3. The van der Waals surface area contributed by atoms with Crippen LogP contribution in [0.2, 0.25) is 0 Å². The third kappa shape index (κ3) is 2.96. The van der Waals surface area contributed by atoms with E-state index < -0.39 is 0 Å². The SMILES string of the molecule is CC(C)c1nc2c(c3c4cc(-c5ccccc5)cc5c6c7c(nc(C(C)C)c6n(c13)c45)C1CC3CC4CC7CC34C1)C1CC3CC4CC2CC43C1. The summed E-state index contributed by atoms with van der Waals surface area (Å²) in [6.45, 7) is 9.67. The molecule has 6 fully saturated rings. The van der Waals surface area contributed by atoms with Crippen LogP contribution < -0.4 is 0 Å². The molecule has 6 saturated carbocycles. The van der Waals surface area contributed by atoms with Gasteiger partial charge in [-0.25, -0.2) is 0 Å². The number of pyridine rings is 2. The topological polar surface area (TPSA) is 30.2 Å². The molecule has 4 aromatic heterocycles. The summed E-state index contributed by atoms with van der Waals surface area (Å²) in [5, 5.41) is 6.18. The van der Waals surface area contributed by atoms with Gasteiger partial charge in [0.05, 0.1) is 27.9 Å². The summed E-state index contributed by atoms with van der Waals surface area (Å²) in [7, 11) is 0. The maximum absolute atomic E-state index is 5.95. The van der Waals surface area contributed by atoms with Crippen molar-refractivity contribution in [1.29, 1.82) is 0 Å². The molecule has 0 N–H and O–H groups in total. The van der Waals surface area contributed by atoms with Gasteiger partial charge < -0.3 is 4.40 Å². The van der Waals surface area contributed by atoms with Crippen LogP contribution in [0.4, 0.5) is 0 Å². The van der Waals surface area contributed by atoms with Crippen LogP contribution in [0, 0.1) is 34.5 Å². The van der Waals surface area contributed by atoms with Crippen molar-refractivity contribution >= 4 is 38.1 Å². The van der Waals surface area contributed by atoms with E-state index in [2.05, 4.69) is 74.6 Å². The lowest BCUT2D eigenvalue weighted by Gasteiger charge is -2.48. The quantitative estimate of drug-likeness (QED) is 0.188. The molecule has 3 heteroatoms. The number of hydrogen-bond acceptors (Lipinski definition) is 2. The Morgan fingerprint density at radius 3 is 1.47 bits per heavy atom. The molecule has 3 nitrogen and oxygen atoms in total. The van der Waals surface area contributed by atoms with Crippen molar-refractivity contribution in [2.24, 2.45) is 34.5 Å². The minimum atomic E-state index is 0.359. The molecule has 0 aliphatic heterocycles. The van der Waals surface area contributed by atoms with E-state index in [1.807, 2.05) is 0 Å². The van der Waals surface area contributed by atoms with E-state index in [0.29, 0.717) is 46.3 Å². The Bertz CT molecular complexity index is 2420. The summed E-state index contributed by atoms with van der Waals surface area (Å²) in [5.74, 6) is 7.14. The second-order valence-electron chi connectivity index (χ2n) is 20.2. The highest BCUT2D eigenvalue weighted by molar-refractivity contribution is 6.26. The predicted molar refractivity (Wildman–Crippen MR) is 206 cm³/mol. The molecular weight excluding hydrogens is 619 g/mol. The molecule has 4 heterocycles. The van der Waals surface area contributed by atoms with Crippen LogP contribution in [-0.2, 0) is 0 Å². The molecule has 10 unspecified atom stereocenters. The van der Waals surface area contributed by atoms with Crippen molar-refractivity contribution < 1.29 is 0 Å². The van der Waals surface area contributed by atoms with Crippen LogP contribution >= 0.6 is 0 Å². The highest BCUT2D eigenvalue weighted by atomic mass is 15.0. The minimum Gasteiger partial charge on any atom is -0.304 e. The second-order valence-corrected chi connectivity index (χ2v) is 20.2. The monoisotopic (exact) mass is 667 g/mol. The molecule has 8 aliphatic rings. The molecule has 0 saturated heterocycles. The predicted octanol–water partition coefficient (Wildman–Crippen LogP) is 12.3. The van der Waals surface area contributed by atoms with Gasteiger partial charge in [0.25, 0.3) is 0 Å². The van der Waals surface area contributed by atoms with Crippen LogP contribution in [0.5, 0.6) is 0 Å². The summed E-state index contributed by atoms with van der Waals surface area (Å²) in [5.41, 5.74) is 17.4. The molecule has 10 atom stereocenters. The molecule has 256 valence electrons. The van der Waals surface area contributed by atoms with E-state index in [1.54, 1.807) is 21.9 Å². The standard InChI is InChI=1S/C48H49N3/c1-22(2)40-45-38(36-26-10-30-16-32-12-28(42(36)49-40)20-47(30,32)18-26)34-14-25(24-8-6-5-7-9-24)15-35-39-37-27-11-31-17-33-13-29(21-48(31,33)19-27)43(37)50-41(23(3)4)46(39)51(45)44(34)35/h5-9,14-15,22-23,26-33H,10-13,16-21H2,1-4H3. The van der Waals surface area contributed by atoms with Gasteiger partial charge in [0, 0.05) is 44.8 Å². The lowest BCUT2D eigenvalue weighted by molar-refractivity contribution is 0.00321. The summed E-state index contributed by atoms with van der Waals surface area (Å²) in [6, 6.07) is 16.6. The van der Waals surface area contributed by atoms with Gasteiger partial charge in [0.15, 0.2) is 0 Å². The lowest BCUT2D eigenvalue weighted by Crippen LogP contribution is -2.41. The van der Waals surface area contributed by atoms with Gasteiger partial charge in [-0.1, -0.05) is 58.0 Å². The van der Waals surface area contributed by atoms with Gasteiger partial charge in [-0.05, 0) is 157 Å². The van der Waals surface area contributed by atoms with E-state index in [4.69, 9.17) is 9.97 Å². The average molecular weight is 668 g/mol. The van der Waals surface area contributed by atoms with Crippen LogP contribution in [-0.4, -0.2) is 14.4 Å². The number of fused-ring (bicyclic) bond motifs is 18. The van der Waals surface area contributed by atoms with Crippen molar-refractivity contribution in [1.82, 2.24) is 14.4 Å². The van der Waals surface area contributed by atoms with Crippen molar-refractivity contribution in [3.05, 3.63) is 76.4 Å². The van der Waals surface area contributed by atoms with E-state index in [0.717, 1.165) is 23.7 Å². The third-order valence-corrected chi connectivity index (χ3v) is 17.8. The normalized spacial score (nSPS) is 37.5. The summed E-state index contributed by atoms with van der Waals surface area (Å²) >= 11 is 0. The summed E-state index contributed by atoms with van der Waals surface area (Å²) in [4.78, 5) is 11.9. The fourth-order valence-corrected chi connectivity index (χ4v) is 16.1. The fraction of sp³-hybridized carbons (Fsp3) is 0.542. The molecule has 8 aliphatic carbocycles. The molecule has 51 heavy (non-hydrogen) atoms. The van der Waals surface area contributed by atoms with Gasteiger partial charge in [-0.15, -0.1) is 0 Å². The average Bonchev–Trinajstić information content (AvgIpc) is 3.91. The Balaban J connectivity index is 1.20. The Morgan fingerprint density at radius 2 is 1.00 bits per heavy atom. The Hall–Kier alpha value is -3.46. The zero-order chi connectivity index (χ0) is 33.4. The molecular formula is C48H49N3. The smallest absolute Gasteiger partial charge is 0.0763 e.